The van der Waals surface area contributed by atoms with E-state index in [4.69, 9.17) is 23.4 Å². The first-order valence-corrected chi connectivity index (χ1v) is 9.79. The van der Waals surface area contributed by atoms with Gasteiger partial charge in [-0.3, -0.25) is 4.79 Å². The number of hydrogen-bond acceptors (Lipinski definition) is 7. The fourth-order valence-electron chi connectivity index (χ4n) is 3.00. The highest BCUT2D eigenvalue weighted by molar-refractivity contribution is 5.99. The van der Waals surface area contributed by atoms with Gasteiger partial charge in [-0.2, -0.15) is 0 Å². The monoisotopic (exact) mass is 427 g/mol. The lowest BCUT2D eigenvalue weighted by molar-refractivity contribution is -0.123. The summed E-state index contributed by atoms with van der Waals surface area (Å²) in [4.78, 5) is 25.4. The van der Waals surface area contributed by atoms with Crippen molar-refractivity contribution < 1.29 is 33.0 Å². The topological polar surface area (TPSA) is 96.2 Å². The van der Waals surface area contributed by atoms with Crippen LogP contribution < -0.4 is 14.8 Å². The fourth-order valence-corrected chi connectivity index (χ4v) is 3.00. The Hall–Kier alpha value is -3.52. The second-order valence-corrected chi connectivity index (χ2v) is 6.68. The second kappa shape index (κ2) is 9.99. The summed E-state index contributed by atoms with van der Waals surface area (Å²) in [5.41, 5.74) is 1.59. The van der Waals surface area contributed by atoms with E-state index < -0.39 is 18.0 Å². The number of anilines is 1. The summed E-state index contributed by atoms with van der Waals surface area (Å²) in [6.45, 7) is 4.02. The van der Waals surface area contributed by atoms with Crippen molar-refractivity contribution in [3.8, 4) is 11.5 Å². The van der Waals surface area contributed by atoms with Crippen LogP contribution >= 0.6 is 0 Å². The van der Waals surface area contributed by atoms with Gasteiger partial charge in [-0.05, 0) is 19.9 Å². The maximum absolute atomic E-state index is 12.8. The second-order valence-electron chi connectivity index (χ2n) is 6.68. The summed E-state index contributed by atoms with van der Waals surface area (Å²) >= 11 is 0. The molecule has 3 rings (SSSR count). The Morgan fingerprint density at radius 2 is 1.74 bits per heavy atom. The Bertz CT molecular complexity index is 1050. The van der Waals surface area contributed by atoms with Gasteiger partial charge < -0.3 is 28.7 Å². The quantitative estimate of drug-likeness (QED) is 0.512. The van der Waals surface area contributed by atoms with Crippen LogP contribution in [0, 0.1) is 0 Å². The van der Waals surface area contributed by atoms with E-state index in [-0.39, 0.29) is 12.4 Å². The molecule has 1 unspecified atom stereocenters. The fraction of sp³-hybridized carbons (Fsp3) is 0.304. The number of furan rings is 1. The number of methoxy groups -OCH3 is 2. The van der Waals surface area contributed by atoms with Crippen molar-refractivity contribution in [1.82, 2.24) is 0 Å². The maximum atomic E-state index is 12.8. The zero-order valence-electron chi connectivity index (χ0n) is 17.9. The van der Waals surface area contributed by atoms with Crippen LogP contribution in [0.25, 0.3) is 11.0 Å². The Kier molecular flexibility index (Phi) is 7.15. The number of benzene rings is 2. The minimum absolute atomic E-state index is 0.0253. The van der Waals surface area contributed by atoms with Crippen molar-refractivity contribution in [2.75, 3.05) is 26.1 Å². The minimum atomic E-state index is -1.07. The van der Waals surface area contributed by atoms with Crippen LogP contribution in [0.3, 0.4) is 0 Å². The van der Waals surface area contributed by atoms with Crippen LogP contribution in [0.4, 0.5) is 5.69 Å². The van der Waals surface area contributed by atoms with Gasteiger partial charge in [0.25, 0.3) is 5.91 Å². The molecule has 2 aromatic carbocycles. The molecular weight excluding hydrogens is 402 g/mol. The molecule has 0 aliphatic heterocycles. The van der Waals surface area contributed by atoms with Crippen molar-refractivity contribution in [1.29, 1.82) is 0 Å². The number of nitrogens with one attached hydrogen (secondary N) is 1. The molecule has 0 aliphatic carbocycles. The SMILES string of the molecule is CCOCc1c(C(=O)OC(C)C(=O)Nc2cc(OC)cc(OC)c2)oc2ccccc12. The molecule has 0 bridgehead atoms. The summed E-state index contributed by atoms with van der Waals surface area (Å²) in [6, 6.07) is 12.2. The molecular formula is C23H25NO7. The summed E-state index contributed by atoms with van der Waals surface area (Å²) in [6.07, 6.45) is -1.07. The molecule has 1 N–H and O–H groups in total. The first-order valence-electron chi connectivity index (χ1n) is 9.79. The van der Waals surface area contributed by atoms with Gasteiger partial charge >= 0.3 is 5.97 Å². The minimum Gasteiger partial charge on any atom is -0.497 e. The average molecular weight is 427 g/mol. The molecule has 0 spiro atoms. The number of carbonyl (C=O) groups is 2. The molecule has 1 atom stereocenters. The lowest BCUT2D eigenvalue weighted by Crippen LogP contribution is -2.30. The van der Waals surface area contributed by atoms with Gasteiger partial charge in [-0.25, -0.2) is 4.79 Å². The highest BCUT2D eigenvalue weighted by atomic mass is 16.6. The summed E-state index contributed by atoms with van der Waals surface area (Å²) < 4.78 is 26.9. The van der Waals surface area contributed by atoms with Gasteiger partial charge in [-0.15, -0.1) is 0 Å². The van der Waals surface area contributed by atoms with Gasteiger partial charge in [0.2, 0.25) is 5.76 Å². The van der Waals surface area contributed by atoms with Crippen molar-refractivity contribution in [3.05, 3.63) is 53.8 Å². The van der Waals surface area contributed by atoms with Gasteiger partial charge in [0.05, 0.1) is 20.8 Å². The molecule has 0 aliphatic rings. The van der Waals surface area contributed by atoms with E-state index in [2.05, 4.69) is 5.32 Å². The molecule has 0 saturated carbocycles. The third kappa shape index (κ3) is 5.16. The number of hydrogen-bond donors (Lipinski definition) is 1. The largest absolute Gasteiger partial charge is 0.497 e. The van der Waals surface area contributed by atoms with Crippen LogP contribution in [-0.2, 0) is 20.9 Å². The van der Waals surface area contributed by atoms with Crippen molar-refractivity contribution >= 4 is 28.5 Å². The highest BCUT2D eigenvalue weighted by Crippen LogP contribution is 2.28. The Labute approximate surface area is 180 Å². The first kappa shape index (κ1) is 22.2. The predicted molar refractivity (Wildman–Crippen MR) is 115 cm³/mol. The van der Waals surface area contributed by atoms with Crippen LogP contribution in [0.5, 0.6) is 11.5 Å². The van der Waals surface area contributed by atoms with Crippen LogP contribution in [0.1, 0.15) is 30.0 Å². The molecule has 1 heterocycles. The van der Waals surface area contributed by atoms with Crippen LogP contribution in [-0.4, -0.2) is 38.8 Å². The lowest BCUT2D eigenvalue weighted by atomic mass is 10.1. The number of amides is 1. The van der Waals surface area contributed by atoms with Gasteiger partial charge in [0.1, 0.15) is 17.1 Å². The van der Waals surface area contributed by atoms with Gasteiger partial charge in [0, 0.05) is 41.4 Å². The number of para-hydroxylation sites is 1. The van der Waals surface area contributed by atoms with Gasteiger partial charge in [-0.1, -0.05) is 18.2 Å². The number of fused-ring (bicyclic) bond motifs is 1. The number of ether oxygens (including phenoxy) is 4. The van der Waals surface area contributed by atoms with Crippen molar-refractivity contribution in [2.45, 2.75) is 26.6 Å². The zero-order chi connectivity index (χ0) is 22.4. The van der Waals surface area contributed by atoms with E-state index >= 15 is 0 Å². The van der Waals surface area contributed by atoms with E-state index in [0.717, 1.165) is 5.39 Å². The van der Waals surface area contributed by atoms with Gasteiger partial charge in [0.15, 0.2) is 6.10 Å². The molecule has 0 saturated heterocycles. The van der Waals surface area contributed by atoms with E-state index in [1.54, 1.807) is 24.3 Å². The Morgan fingerprint density at radius 3 is 2.39 bits per heavy atom. The van der Waals surface area contributed by atoms with E-state index in [1.807, 2.05) is 25.1 Å². The number of carbonyl (C=O) groups excluding carboxylic acids is 2. The Balaban J connectivity index is 1.75. The highest BCUT2D eigenvalue weighted by Gasteiger charge is 2.26. The summed E-state index contributed by atoms with van der Waals surface area (Å²) in [5, 5.41) is 3.46. The molecule has 3 aromatic rings. The van der Waals surface area contributed by atoms with Crippen LogP contribution in [0.15, 0.2) is 46.9 Å². The van der Waals surface area contributed by atoms with E-state index in [9.17, 15) is 9.59 Å². The van der Waals surface area contributed by atoms with Crippen molar-refractivity contribution in [2.24, 2.45) is 0 Å². The maximum Gasteiger partial charge on any atom is 0.375 e. The van der Waals surface area contributed by atoms with E-state index in [0.29, 0.717) is 34.9 Å². The molecule has 31 heavy (non-hydrogen) atoms. The molecule has 8 nitrogen and oxygen atoms in total. The first-order chi connectivity index (χ1) is 15.0. The lowest BCUT2D eigenvalue weighted by Gasteiger charge is -2.14. The van der Waals surface area contributed by atoms with E-state index in [1.165, 1.54) is 21.1 Å². The molecule has 1 amide bonds. The summed E-state index contributed by atoms with van der Waals surface area (Å²) in [7, 11) is 3.02. The zero-order valence-corrected chi connectivity index (χ0v) is 17.9. The Morgan fingerprint density at radius 1 is 1.06 bits per heavy atom. The third-order valence-corrected chi connectivity index (χ3v) is 4.61. The standard InChI is InChI=1S/C23H25NO7/c1-5-29-13-19-18-8-6-7-9-20(18)31-21(19)23(26)30-14(2)22(25)24-15-10-16(27-3)12-17(11-15)28-4/h6-12,14H,5,13H2,1-4H3,(H,24,25). The number of esters is 1. The average Bonchev–Trinajstić information content (AvgIpc) is 3.15. The van der Waals surface area contributed by atoms with Crippen molar-refractivity contribution in [3.63, 3.8) is 0 Å². The molecule has 0 radical (unpaired) electrons. The molecule has 0 fully saturated rings. The summed E-state index contributed by atoms with van der Waals surface area (Å²) in [5.74, 6) is -0.190. The normalized spacial score (nSPS) is 11.7. The van der Waals surface area contributed by atoms with Crippen LogP contribution in [0.2, 0.25) is 0 Å². The predicted octanol–water partition coefficient (Wildman–Crippen LogP) is 4.17. The third-order valence-electron chi connectivity index (χ3n) is 4.61. The molecule has 8 heteroatoms. The molecule has 164 valence electrons. The smallest absolute Gasteiger partial charge is 0.375 e. The number of rotatable bonds is 9. The molecule has 1 aromatic heterocycles.